The van der Waals surface area contributed by atoms with E-state index in [4.69, 9.17) is 9.47 Å². The highest BCUT2D eigenvalue weighted by Gasteiger charge is 2.22. The van der Waals surface area contributed by atoms with Gasteiger partial charge in [0.1, 0.15) is 5.01 Å². The molecule has 0 spiro atoms. The average Bonchev–Trinajstić information content (AvgIpc) is 3.14. The first kappa shape index (κ1) is 19.8. The van der Waals surface area contributed by atoms with Crippen LogP contribution in [0, 0.1) is 5.82 Å². The van der Waals surface area contributed by atoms with Gasteiger partial charge in [-0.05, 0) is 37.3 Å². The lowest BCUT2D eigenvalue weighted by atomic mass is 10.2. The average molecular weight is 402 g/mol. The molecule has 0 unspecified atom stereocenters. The summed E-state index contributed by atoms with van der Waals surface area (Å²) in [7, 11) is 2.96. The maximum atomic E-state index is 13.7. The number of fused-ring (bicyclic) bond motifs is 1. The van der Waals surface area contributed by atoms with Gasteiger partial charge in [-0.2, -0.15) is 0 Å². The van der Waals surface area contributed by atoms with E-state index in [1.165, 1.54) is 35.5 Å². The molecule has 8 heteroatoms. The van der Waals surface area contributed by atoms with E-state index in [1.807, 2.05) is 31.2 Å². The third kappa shape index (κ3) is 4.12. The number of halogens is 1. The van der Waals surface area contributed by atoms with Crippen LogP contribution in [0.1, 0.15) is 28.3 Å². The Kier molecular flexibility index (Phi) is 5.89. The van der Waals surface area contributed by atoms with E-state index in [0.717, 1.165) is 21.3 Å². The largest absolute Gasteiger partial charge is 0.494 e. The molecule has 0 fully saturated rings. The Hall–Kier alpha value is -3.00. The minimum absolute atomic E-state index is 0.00738. The number of para-hydroxylation sites is 1. The van der Waals surface area contributed by atoms with Crippen molar-refractivity contribution < 1.29 is 23.5 Å². The number of nitrogens with zero attached hydrogens (tertiary/aromatic N) is 2. The summed E-state index contributed by atoms with van der Waals surface area (Å²) in [5.74, 6) is -1.81. The number of hydrogen-bond donors (Lipinski definition) is 0. The summed E-state index contributed by atoms with van der Waals surface area (Å²) < 4.78 is 24.6. The van der Waals surface area contributed by atoms with Crippen molar-refractivity contribution in [3.8, 4) is 5.75 Å². The van der Waals surface area contributed by atoms with Crippen LogP contribution in [0.25, 0.3) is 10.2 Å². The van der Waals surface area contributed by atoms with Gasteiger partial charge in [-0.1, -0.05) is 12.1 Å². The fourth-order valence-corrected chi connectivity index (χ4v) is 3.62. The molecule has 3 rings (SSSR count). The van der Waals surface area contributed by atoms with Crippen LogP contribution in [0.15, 0.2) is 42.5 Å². The number of rotatable bonds is 6. The number of hydrogen-bond acceptors (Lipinski definition) is 6. The van der Waals surface area contributed by atoms with Crippen molar-refractivity contribution in [1.29, 1.82) is 0 Å². The van der Waals surface area contributed by atoms with E-state index in [9.17, 15) is 14.0 Å². The van der Waals surface area contributed by atoms with E-state index in [2.05, 4.69) is 4.98 Å². The molecule has 3 aromatic rings. The van der Waals surface area contributed by atoms with Crippen molar-refractivity contribution in [2.75, 3.05) is 20.8 Å². The molecule has 1 heterocycles. The number of amides is 1. The molecule has 0 saturated heterocycles. The van der Waals surface area contributed by atoms with Crippen molar-refractivity contribution in [2.45, 2.75) is 13.0 Å². The monoisotopic (exact) mass is 402 g/mol. The summed E-state index contributed by atoms with van der Waals surface area (Å²) in [6, 6.07) is 11.2. The van der Waals surface area contributed by atoms with Crippen LogP contribution in [-0.2, 0) is 9.53 Å². The Morgan fingerprint density at radius 3 is 2.68 bits per heavy atom. The predicted molar refractivity (Wildman–Crippen MR) is 104 cm³/mol. The maximum absolute atomic E-state index is 13.7. The highest BCUT2D eigenvalue weighted by atomic mass is 32.1. The Bertz CT molecular complexity index is 987. The zero-order valence-electron chi connectivity index (χ0n) is 15.6. The zero-order chi connectivity index (χ0) is 20.3. The van der Waals surface area contributed by atoms with Gasteiger partial charge in [0.15, 0.2) is 18.2 Å². The van der Waals surface area contributed by atoms with Gasteiger partial charge >= 0.3 is 5.97 Å². The molecule has 1 aromatic heterocycles. The van der Waals surface area contributed by atoms with E-state index < -0.39 is 18.4 Å². The van der Waals surface area contributed by atoms with Crippen molar-refractivity contribution in [2.24, 2.45) is 0 Å². The second-order valence-electron chi connectivity index (χ2n) is 6.13. The molecule has 2 aromatic carbocycles. The second-order valence-corrected chi connectivity index (χ2v) is 7.19. The first-order valence-electron chi connectivity index (χ1n) is 8.52. The Morgan fingerprint density at radius 1 is 1.25 bits per heavy atom. The number of likely N-dealkylation sites (N-methyl/N-ethyl adjacent to an activating group) is 1. The van der Waals surface area contributed by atoms with Gasteiger partial charge in [-0.25, -0.2) is 14.2 Å². The number of carbonyl (C=O) groups is 2. The summed E-state index contributed by atoms with van der Waals surface area (Å²) in [6.07, 6.45) is 0. The van der Waals surface area contributed by atoms with Gasteiger partial charge < -0.3 is 14.4 Å². The highest BCUT2D eigenvalue weighted by molar-refractivity contribution is 7.18. The van der Waals surface area contributed by atoms with Gasteiger partial charge in [-0.3, -0.25) is 4.79 Å². The fraction of sp³-hybridized carbons (Fsp3) is 0.250. The third-order valence-corrected chi connectivity index (χ3v) is 5.56. The van der Waals surface area contributed by atoms with E-state index in [-0.39, 0.29) is 23.3 Å². The van der Waals surface area contributed by atoms with Crippen molar-refractivity contribution >= 4 is 33.4 Å². The molecule has 1 amide bonds. The molecule has 146 valence electrons. The number of carbonyl (C=O) groups excluding carboxylic acids is 2. The van der Waals surface area contributed by atoms with Crippen molar-refractivity contribution in [1.82, 2.24) is 9.88 Å². The van der Waals surface area contributed by atoms with Crippen LogP contribution in [-0.4, -0.2) is 42.5 Å². The van der Waals surface area contributed by atoms with Crippen LogP contribution in [0.3, 0.4) is 0 Å². The molecular formula is C20H19FN2O4S. The van der Waals surface area contributed by atoms with Crippen LogP contribution >= 0.6 is 11.3 Å². The lowest BCUT2D eigenvalue weighted by Gasteiger charge is -2.23. The molecule has 0 saturated carbocycles. The molecule has 0 bridgehead atoms. The molecular weight excluding hydrogens is 383 g/mol. The van der Waals surface area contributed by atoms with Gasteiger partial charge in [0.2, 0.25) is 0 Å². The predicted octanol–water partition coefficient (Wildman–Crippen LogP) is 3.82. The number of esters is 1. The van der Waals surface area contributed by atoms with E-state index in [0.29, 0.717) is 0 Å². The van der Waals surface area contributed by atoms with Gasteiger partial charge in [0.25, 0.3) is 5.91 Å². The lowest BCUT2D eigenvalue weighted by Crippen LogP contribution is -2.33. The quantitative estimate of drug-likeness (QED) is 0.587. The molecule has 0 aliphatic heterocycles. The third-order valence-electron chi connectivity index (χ3n) is 4.36. The standard InChI is InChI=1S/C20H19FN2O4S/c1-12(19-22-15-6-4-5-7-17(15)28-19)23(2)18(24)11-27-20(25)13-8-9-16(26-3)14(21)10-13/h4-10,12H,11H2,1-3H3/t12-/m0/s1. The number of ether oxygens (including phenoxy) is 2. The van der Waals surface area contributed by atoms with Crippen LogP contribution in [0.2, 0.25) is 0 Å². The van der Waals surface area contributed by atoms with Crippen LogP contribution < -0.4 is 4.74 Å². The topological polar surface area (TPSA) is 68.7 Å². The van der Waals surface area contributed by atoms with Gasteiger partial charge in [0.05, 0.1) is 28.9 Å². The summed E-state index contributed by atoms with van der Waals surface area (Å²) in [5, 5.41) is 0.792. The SMILES string of the molecule is COc1ccc(C(=O)OCC(=O)N(C)[C@@H](C)c2nc3ccccc3s2)cc1F. The minimum atomic E-state index is -0.782. The minimum Gasteiger partial charge on any atom is -0.494 e. The second kappa shape index (κ2) is 8.35. The molecule has 0 aliphatic carbocycles. The number of aromatic nitrogens is 1. The van der Waals surface area contributed by atoms with E-state index >= 15 is 0 Å². The Morgan fingerprint density at radius 2 is 2.00 bits per heavy atom. The van der Waals surface area contributed by atoms with Gasteiger partial charge in [-0.15, -0.1) is 11.3 Å². The number of benzene rings is 2. The van der Waals surface area contributed by atoms with Gasteiger partial charge in [0, 0.05) is 7.05 Å². The van der Waals surface area contributed by atoms with Crippen molar-refractivity contribution in [3.63, 3.8) is 0 Å². The smallest absolute Gasteiger partial charge is 0.338 e. The summed E-state index contributed by atoms with van der Waals surface area (Å²) in [4.78, 5) is 30.5. The lowest BCUT2D eigenvalue weighted by molar-refractivity contribution is -0.135. The highest BCUT2D eigenvalue weighted by Crippen LogP contribution is 2.28. The van der Waals surface area contributed by atoms with E-state index in [1.54, 1.807) is 7.05 Å². The first-order chi connectivity index (χ1) is 13.4. The summed E-state index contributed by atoms with van der Waals surface area (Å²) in [5.41, 5.74) is 0.885. The molecule has 0 radical (unpaired) electrons. The molecule has 0 aliphatic rings. The molecule has 0 N–H and O–H groups in total. The molecule has 28 heavy (non-hydrogen) atoms. The zero-order valence-corrected chi connectivity index (χ0v) is 16.5. The summed E-state index contributed by atoms with van der Waals surface area (Å²) in [6.45, 7) is 1.41. The fourth-order valence-electron chi connectivity index (χ4n) is 2.56. The molecule has 6 nitrogen and oxygen atoms in total. The molecule has 1 atom stereocenters. The number of methoxy groups -OCH3 is 1. The first-order valence-corrected chi connectivity index (χ1v) is 9.34. The Balaban J connectivity index is 1.61. The maximum Gasteiger partial charge on any atom is 0.338 e. The normalized spacial score (nSPS) is 11.9. The van der Waals surface area contributed by atoms with Crippen molar-refractivity contribution in [3.05, 3.63) is 58.9 Å². The van der Waals surface area contributed by atoms with Crippen LogP contribution in [0.5, 0.6) is 5.75 Å². The number of thiazole rings is 1. The Labute approximate surface area is 165 Å². The summed E-state index contributed by atoms with van der Waals surface area (Å²) >= 11 is 1.51. The van der Waals surface area contributed by atoms with Crippen LogP contribution in [0.4, 0.5) is 4.39 Å².